The molecule has 1 N–H and O–H groups in total. The maximum absolute atomic E-state index is 12.8. The number of nitrogens with one attached hydrogen (secondary N) is 1. The Morgan fingerprint density at radius 1 is 1.43 bits per heavy atom. The van der Waals surface area contributed by atoms with Gasteiger partial charge < -0.3 is 5.32 Å². The molecule has 0 amide bonds. The summed E-state index contributed by atoms with van der Waals surface area (Å²) in [5, 5.41) is 3.37. The van der Waals surface area contributed by atoms with Crippen molar-refractivity contribution < 1.29 is 4.39 Å². The zero-order valence-electron chi connectivity index (χ0n) is 9.10. The second-order valence-corrected chi connectivity index (χ2v) is 3.79. The van der Waals surface area contributed by atoms with Crippen LogP contribution in [0.4, 0.5) is 10.1 Å². The molecule has 1 aromatic rings. The van der Waals surface area contributed by atoms with E-state index < -0.39 is 0 Å². The van der Waals surface area contributed by atoms with E-state index in [9.17, 15) is 4.39 Å². The summed E-state index contributed by atoms with van der Waals surface area (Å²) in [6.07, 6.45) is 2.30. The fourth-order valence-corrected chi connectivity index (χ4v) is 1.56. The van der Waals surface area contributed by atoms with Crippen molar-refractivity contribution in [3.63, 3.8) is 0 Å². The van der Waals surface area contributed by atoms with Gasteiger partial charge in [0, 0.05) is 11.7 Å². The molecule has 0 radical (unpaired) electrons. The molecule has 0 fully saturated rings. The molecule has 1 rings (SSSR count). The van der Waals surface area contributed by atoms with E-state index in [1.165, 1.54) is 6.07 Å². The van der Waals surface area contributed by atoms with E-state index in [-0.39, 0.29) is 5.82 Å². The standard InChI is InChI=1S/C12H18FN/c1-4-5-10(3)14-12-7-6-11(13)8-9(12)2/h6-8,10,14H,4-5H2,1-3H3. The molecular formula is C12H18FN. The maximum atomic E-state index is 12.8. The number of hydrogen-bond acceptors (Lipinski definition) is 1. The molecule has 1 unspecified atom stereocenters. The van der Waals surface area contributed by atoms with Crippen molar-refractivity contribution in [2.24, 2.45) is 0 Å². The third-order valence-corrected chi connectivity index (χ3v) is 2.31. The van der Waals surface area contributed by atoms with Gasteiger partial charge in [-0.2, -0.15) is 0 Å². The van der Waals surface area contributed by atoms with Crippen LogP contribution in [-0.2, 0) is 0 Å². The van der Waals surface area contributed by atoms with Crippen LogP contribution in [-0.4, -0.2) is 6.04 Å². The molecule has 0 saturated carbocycles. The third kappa shape index (κ3) is 3.02. The van der Waals surface area contributed by atoms with E-state index in [4.69, 9.17) is 0 Å². The van der Waals surface area contributed by atoms with Gasteiger partial charge >= 0.3 is 0 Å². The first-order chi connectivity index (χ1) is 6.63. The minimum absolute atomic E-state index is 0.170. The van der Waals surface area contributed by atoms with Gasteiger partial charge in [-0.05, 0) is 44.0 Å². The second-order valence-electron chi connectivity index (χ2n) is 3.79. The minimum atomic E-state index is -0.170. The van der Waals surface area contributed by atoms with E-state index in [2.05, 4.69) is 19.2 Å². The lowest BCUT2D eigenvalue weighted by molar-refractivity contribution is 0.626. The van der Waals surface area contributed by atoms with Gasteiger partial charge in [0.2, 0.25) is 0 Å². The Bertz CT molecular complexity index is 296. The van der Waals surface area contributed by atoms with Gasteiger partial charge in [-0.3, -0.25) is 0 Å². The van der Waals surface area contributed by atoms with Gasteiger partial charge in [0.25, 0.3) is 0 Å². The van der Waals surface area contributed by atoms with Gasteiger partial charge in [-0.1, -0.05) is 13.3 Å². The molecule has 0 aliphatic carbocycles. The van der Waals surface area contributed by atoms with E-state index in [1.54, 1.807) is 12.1 Å². The number of anilines is 1. The van der Waals surface area contributed by atoms with Crippen LogP contribution in [0.3, 0.4) is 0 Å². The summed E-state index contributed by atoms with van der Waals surface area (Å²) in [5.74, 6) is -0.170. The summed E-state index contributed by atoms with van der Waals surface area (Å²) in [7, 11) is 0. The van der Waals surface area contributed by atoms with Crippen LogP contribution < -0.4 is 5.32 Å². The van der Waals surface area contributed by atoms with Gasteiger partial charge in [-0.25, -0.2) is 4.39 Å². The van der Waals surface area contributed by atoms with Crippen LogP contribution >= 0.6 is 0 Å². The number of benzene rings is 1. The normalized spacial score (nSPS) is 12.6. The Morgan fingerprint density at radius 3 is 2.71 bits per heavy atom. The molecule has 0 aromatic heterocycles. The summed E-state index contributed by atoms with van der Waals surface area (Å²) in [6.45, 7) is 6.23. The molecule has 0 saturated heterocycles. The first-order valence-corrected chi connectivity index (χ1v) is 5.16. The Hall–Kier alpha value is -1.05. The van der Waals surface area contributed by atoms with Crippen molar-refractivity contribution >= 4 is 5.69 Å². The number of hydrogen-bond donors (Lipinski definition) is 1. The van der Waals surface area contributed by atoms with Crippen LogP contribution in [0, 0.1) is 12.7 Å². The predicted molar refractivity (Wildman–Crippen MR) is 59.1 cm³/mol. The lowest BCUT2D eigenvalue weighted by Gasteiger charge is -2.16. The van der Waals surface area contributed by atoms with Crippen molar-refractivity contribution in [1.82, 2.24) is 0 Å². The Labute approximate surface area is 85.3 Å². The fourth-order valence-electron chi connectivity index (χ4n) is 1.56. The first kappa shape index (κ1) is 11.0. The Balaban J connectivity index is 2.67. The van der Waals surface area contributed by atoms with Crippen LogP contribution in [0.2, 0.25) is 0 Å². The van der Waals surface area contributed by atoms with Crippen molar-refractivity contribution in [3.05, 3.63) is 29.6 Å². The molecule has 0 spiro atoms. The summed E-state index contributed by atoms with van der Waals surface area (Å²) in [6, 6.07) is 5.30. The van der Waals surface area contributed by atoms with Gasteiger partial charge in [0.15, 0.2) is 0 Å². The smallest absolute Gasteiger partial charge is 0.123 e. The number of aryl methyl sites for hydroxylation is 1. The zero-order chi connectivity index (χ0) is 10.6. The molecule has 0 heterocycles. The topological polar surface area (TPSA) is 12.0 Å². The summed E-state index contributed by atoms with van der Waals surface area (Å²) >= 11 is 0. The van der Waals surface area contributed by atoms with Crippen molar-refractivity contribution in [1.29, 1.82) is 0 Å². The summed E-state index contributed by atoms with van der Waals surface area (Å²) in [4.78, 5) is 0. The second kappa shape index (κ2) is 4.99. The number of halogens is 1. The van der Waals surface area contributed by atoms with Gasteiger partial charge in [0.05, 0.1) is 0 Å². The fraction of sp³-hybridized carbons (Fsp3) is 0.500. The maximum Gasteiger partial charge on any atom is 0.123 e. The lowest BCUT2D eigenvalue weighted by Crippen LogP contribution is -2.15. The number of rotatable bonds is 4. The Morgan fingerprint density at radius 2 is 2.14 bits per heavy atom. The zero-order valence-corrected chi connectivity index (χ0v) is 9.10. The lowest BCUT2D eigenvalue weighted by atomic mass is 10.1. The quantitative estimate of drug-likeness (QED) is 0.771. The minimum Gasteiger partial charge on any atom is -0.382 e. The summed E-state index contributed by atoms with van der Waals surface area (Å²) in [5.41, 5.74) is 2.00. The first-order valence-electron chi connectivity index (χ1n) is 5.16. The van der Waals surface area contributed by atoms with Crippen LogP contribution in [0.5, 0.6) is 0 Å². The molecule has 2 heteroatoms. The van der Waals surface area contributed by atoms with Gasteiger partial charge in [0.1, 0.15) is 5.82 Å². The van der Waals surface area contributed by atoms with Gasteiger partial charge in [-0.15, -0.1) is 0 Å². The molecule has 0 aliphatic heterocycles. The third-order valence-electron chi connectivity index (χ3n) is 2.31. The largest absolute Gasteiger partial charge is 0.382 e. The van der Waals surface area contributed by atoms with E-state index >= 15 is 0 Å². The van der Waals surface area contributed by atoms with Crippen molar-refractivity contribution in [2.45, 2.75) is 39.7 Å². The van der Waals surface area contributed by atoms with Crippen LogP contribution in [0.25, 0.3) is 0 Å². The van der Waals surface area contributed by atoms with Crippen molar-refractivity contribution in [3.8, 4) is 0 Å². The molecule has 0 aliphatic rings. The molecule has 1 aromatic carbocycles. The molecular weight excluding hydrogens is 177 g/mol. The molecule has 14 heavy (non-hydrogen) atoms. The molecule has 0 bridgehead atoms. The highest BCUT2D eigenvalue weighted by Gasteiger charge is 2.03. The highest BCUT2D eigenvalue weighted by molar-refractivity contribution is 5.51. The van der Waals surface area contributed by atoms with E-state index in [0.29, 0.717) is 6.04 Å². The average molecular weight is 195 g/mol. The Kier molecular flexibility index (Phi) is 3.93. The molecule has 1 atom stereocenters. The highest BCUT2D eigenvalue weighted by Crippen LogP contribution is 2.17. The highest BCUT2D eigenvalue weighted by atomic mass is 19.1. The SMILES string of the molecule is CCCC(C)Nc1ccc(F)cc1C. The average Bonchev–Trinajstić information content (AvgIpc) is 2.10. The monoisotopic (exact) mass is 195 g/mol. The van der Waals surface area contributed by atoms with Crippen molar-refractivity contribution in [2.75, 3.05) is 5.32 Å². The molecule has 1 nitrogen and oxygen atoms in total. The van der Waals surface area contributed by atoms with E-state index in [1.807, 2.05) is 6.92 Å². The van der Waals surface area contributed by atoms with E-state index in [0.717, 1.165) is 24.1 Å². The van der Waals surface area contributed by atoms with Crippen LogP contribution in [0.1, 0.15) is 32.3 Å². The van der Waals surface area contributed by atoms with Crippen LogP contribution in [0.15, 0.2) is 18.2 Å². The predicted octanol–water partition coefficient (Wildman–Crippen LogP) is 3.73. The summed E-state index contributed by atoms with van der Waals surface area (Å²) < 4.78 is 12.8. The molecule has 78 valence electrons.